The van der Waals surface area contributed by atoms with Crippen molar-refractivity contribution in [1.82, 2.24) is 0 Å². The molecule has 0 spiro atoms. The predicted molar refractivity (Wildman–Crippen MR) is 59.2 cm³/mol. The molecule has 1 unspecified atom stereocenters. The second-order valence-electron chi connectivity index (χ2n) is 3.38. The van der Waals surface area contributed by atoms with E-state index in [0.717, 1.165) is 0 Å². The van der Waals surface area contributed by atoms with E-state index < -0.39 is 11.7 Å². The van der Waals surface area contributed by atoms with E-state index in [9.17, 15) is 9.18 Å². The summed E-state index contributed by atoms with van der Waals surface area (Å²) in [6, 6.07) is 7.90. The highest BCUT2D eigenvalue weighted by atomic mass is 19.1. The van der Waals surface area contributed by atoms with Crippen LogP contribution >= 0.6 is 0 Å². The Labute approximate surface area is 94.1 Å². The zero-order valence-electron chi connectivity index (χ0n) is 9.27. The third-order valence-corrected chi connectivity index (χ3v) is 2.29. The summed E-state index contributed by atoms with van der Waals surface area (Å²) in [4.78, 5) is 13.1. The van der Waals surface area contributed by atoms with Gasteiger partial charge in [0.2, 0.25) is 5.91 Å². The molecule has 1 aromatic rings. The van der Waals surface area contributed by atoms with E-state index in [4.69, 9.17) is 5.26 Å². The predicted octanol–water partition coefficient (Wildman–Crippen LogP) is 2.34. The number of nitrogens with zero attached hydrogens (tertiary/aromatic N) is 2. The number of hydrogen-bond acceptors (Lipinski definition) is 2. The second-order valence-corrected chi connectivity index (χ2v) is 3.38. The molecule has 0 heterocycles. The van der Waals surface area contributed by atoms with Gasteiger partial charge in [-0.15, -0.1) is 0 Å². The van der Waals surface area contributed by atoms with Crippen LogP contribution in [0.2, 0.25) is 0 Å². The summed E-state index contributed by atoms with van der Waals surface area (Å²) in [5.74, 6) is -1.60. The van der Waals surface area contributed by atoms with Gasteiger partial charge < -0.3 is 4.90 Å². The first-order valence-corrected chi connectivity index (χ1v) is 5.07. The number of para-hydroxylation sites is 1. The minimum atomic E-state index is -0.764. The van der Waals surface area contributed by atoms with Gasteiger partial charge in [-0.1, -0.05) is 12.1 Å². The van der Waals surface area contributed by atoms with Crippen LogP contribution in [0.15, 0.2) is 24.3 Å². The minimum Gasteiger partial charge on any atom is -0.309 e. The van der Waals surface area contributed by atoms with Gasteiger partial charge in [0.05, 0.1) is 11.8 Å². The monoisotopic (exact) mass is 220 g/mol. The van der Waals surface area contributed by atoms with Crippen molar-refractivity contribution in [2.75, 3.05) is 11.4 Å². The number of amides is 1. The molecule has 16 heavy (non-hydrogen) atoms. The first-order chi connectivity index (χ1) is 7.61. The van der Waals surface area contributed by atoms with Gasteiger partial charge in [0, 0.05) is 6.54 Å². The number of benzene rings is 1. The molecule has 0 aromatic heterocycles. The van der Waals surface area contributed by atoms with E-state index >= 15 is 0 Å². The van der Waals surface area contributed by atoms with E-state index in [2.05, 4.69) is 0 Å². The third kappa shape index (κ3) is 2.37. The molecule has 0 bridgehead atoms. The number of carbonyl (C=O) groups is 1. The molecule has 0 fully saturated rings. The van der Waals surface area contributed by atoms with Crippen molar-refractivity contribution >= 4 is 11.6 Å². The molecule has 0 saturated carbocycles. The molecule has 3 nitrogen and oxygen atoms in total. The van der Waals surface area contributed by atoms with Gasteiger partial charge in [0.15, 0.2) is 0 Å². The highest BCUT2D eigenvalue weighted by Crippen LogP contribution is 2.20. The largest absolute Gasteiger partial charge is 0.309 e. The molecular formula is C12H13FN2O. The van der Waals surface area contributed by atoms with Gasteiger partial charge in [0.25, 0.3) is 0 Å². The first-order valence-electron chi connectivity index (χ1n) is 5.07. The molecule has 1 rings (SSSR count). The Morgan fingerprint density at radius 1 is 1.56 bits per heavy atom. The van der Waals surface area contributed by atoms with E-state index in [1.54, 1.807) is 19.1 Å². The normalized spacial score (nSPS) is 11.6. The summed E-state index contributed by atoms with van der Waals surface area (Å²) in [6.07, 6.45) is 0. The molecule has 0 aliphatic heterocycles. The fourth-order valence-corrected chi connectivity index (χ4v) is 1.40. The summed E-state index contributed by atoms with van der Waals surface area (Å²) in [5.41, 5.74) is 0.220. The van der Waals surface area contributed by atoms with Crippen LogP contribution in [-0.2, 0) is 4.79 Å². The molecule has 0 N–H and O–H groups in total. The number of anilines is 1. The molecule has 1 amide bonds. The lowest BCUT2D eigenvalue weighted by atomic mass is 10.1. The topological polar surface area (TPSA) is 44.1 Å². The van der Waals surface area contributed by atoms with E-state index in [0.29, 0.717) is 6.54 Å². The van der Waals surface area contributed by atoms with Gasteiger partial charge in [-0.05, 0) is 26.0 Å². The highest BCUT2D eigenvalue weighted by molar-refractivity contribution is 5.96. The molecular weight excluding hydrogens is 207 g/mol. The van der Waals surface area contributed by atoms with Crippen LogP contribution in [0, 0.1) is 23.1 Å². The lowest BCUT2D eigenvalue weighted by Gasteiger charge is -2.22. The van der Waals surface area contributed by atoms with Crippen LogP contribution in [0.5, 0.6) is 0 Å². The summed E-state index contributed by atoms with van der Waals surface area (Å²) >= 11 is 0. The Bertz CT molecular complexity index is 425. The number of hydrogen-bond donors (Lipinski definition) is 0. The number of carbonyl (C=O) groups excluding carboxylic acids is 1. The zero-order chi connectivity index (χ0) is 12.1. The van der Waals surface area contributed by atoms with Crippen molar-refractivity contribution in [3.05, 3.63) is 30.1 Å². The van der Waals surface area contributed by atoms with Gasteiger partial charge in [-0.3, -0.25) is 4.79 Å². The maximum Gasteiger partial charge on any atom is 0.244 e. The lowest BCUT2D eigenvalue weighted by molar-refractivity contribution is -0.120. The Kier molecular flexibility index (Phi) is 4.01. The van der Waals surface area contributed by atoms with Crippen molar-refractivity contribution in [3.8, 4) is 6.07 Å². The average molecular weight is 220 g/mol. The lowest BCUT2D eigenvalue weighted by Crippen LogP contribution is -2.35. The van der Waals surface area contributed by atoms with Crippen LogP contribution in [-0.4, -0.2) is 12.5 Å². The van der Waals surface area contributed by atoms with E-state index in [1.165, 1.54) is 24.0 Å². The molecule has 0 aliphatic carbocycles. The summed E-state index contributed by atoms with van der Waals surface area (Å²) in [7, 11) is 0. The molecule has 4 heteroatoms. The zero-order valence-corrected chi connectivity index (χ0v) is 9.27. The minimum absolute atomic E-state index is 0.220. The molecule has 0 saturated heterocycles. The van der Waals surface area contributed by atoms with Gasteiger partial charge in [0.1, 0.15) is 11.7 Å². The van der Waals surface area contributed by atoms with Crippen LogP contribution in [0.3, 0.4) is 0 Å². The third-order valence-electron chi connectivity index (χ3n) is 2.29. The van der Waals surface area contributed by atoms with E-state index in [1.807, 2.05) is 6.07 Å². The Morgan fingerprint density at radius 2 is 2.19 bits per heavy atom. The van der Waals surface area contributed by atoms with Crippen LogP contribution < -0.4 is 4.90 Å². The summed E-state index contributed by atoms with van der Waals surface area (Å²) in [6.45, 7) is 3.59. The number of nitriles is 1. The molecule has 84 valence electrons. The Morgan fingerprint density at radius 3 is 2.69 bits per heavy atom. The van der Waals surface area contributed by atoms with Gasteiger partial charge in [-0.25, -0.2) is 4.39 Å². The van der Waals surface area contributed by atoms with Crippen molar-refractivity contribution in [3.63, 3.8) is 0 Å². The number of rotatable bonds is 3. The van der Waals surface area contributed by atoms with Crippen molar-refractivity contribution < 1.29 is 9.18 Å². The second kappa shape index (κ2) is 5.26. The molecule has 0 aliphatic rings. The van der Waals surface area contributed by atoms with Crippen LogP contribution in [0.4, 0.5) is 10.1 Å². The summed E-state index contributed by atoms with van der Waals surface area (Å²) < 4.78 is 13.5. The average Bonchev–Trinajstić information content (AvgIpc) is 2.31. The maximum atomic E-state index is 13.5. The maximum absolute atomic E-state index is 13.5. The number of halogens is 1. The Hall–Kier alpha value is -1.89. The Balaban J connectivity index is 3.05. The van der Waals surface area contributed by atoms with Gasteiger partial charge >= 0.3 is 0 Å². The standard InChI is InChI=1S/C12H13FN2O/c1-3-15(12(16)9(2)8-14)11-7-5-4-6-10(11)13/h4-7,9H,3H2,1-2H3. The SMILES string of the molecule is CCN(C(=O)C(C)C#N)c1ccccc1F. The molecule has 1 aromatic carbocycles. The van der Waals surface area contributed by atoms with Crippen LogP contribution in [0.25, 0.3) is 0 Å². The smallest absolute Gasteiger partial charge is 0.244 e. The fraction of sp³-hybridized carbons (Fsp3) is 0.333. The first kappa shape index (κ1) is 12.2. The quantitative estimate of drug-likeness (QED) is 0.784. The van der Waals surface area contributed by atoms with Crippen molar-refractivity contribution in [2.24, 2.45) is 5.92 Å². The van der Waals surface area contributed by atoms with Gasteiger partial charge in [-0.2, -0.15) is 5.26 Å². The molecule has 1 atom stereocenters. The van der Waals surface area contributed by atoms with Crippen molar-refractivity contribution in [2.45, 2.75) is 13.8 Å². The molecule has 0 radical (unpaired) electrons. The van der Waals surface area contributed by atoms with Crippen molar-refractivity contribution in [1.29, 1.82) is 5.26 Å². The highest BCUT2D eigenvalue weighted by Gasteiger charge is 2.22. The van der Waals surface area contributed by atoms with E-state index in [-0.39, 0.29) is 11.6 Å². The van der Waals surface area contributed by atoms with Crippen LogP contribution in [0.1, 0.15) is 13.8 Å². The summed E-state index contributed by atoms with van der Waals surface area (Å²) in [5, 5.41) is 8.67. The fourth-order valence-electron chi connectivity index (χ4n) is 1.40.